The molecule has 0 saturated carbocycles. The van der Waals surface area contributed by atoms with Crippen molar-refractivity contribution in [1.82, 2.24) is 0 Å². The molecular weight excluding hydrogens is 140 g/mol. The van der Waals surface area contributed by atoms with Gasteiger partial charge in [0.15, 0.2) is 5.79 Å². The second-order valence-electron chi connectivity index (χ2n) is 3.78. The van der Waals surface area contributed by atoms with E-state index in [4.69, 9.17) is 9.47 Å². The maximum atomic E-state index is 5.52. The van der Waals surface area contributed by atoms with Gasteiger partial charge in [-0.1, -0.05) is 6.92 Å². The zero-order chi connectivity index (χ0) is 8.32. The first-order valence-corrected chi connectivity index (χ1v) is 4.38. The Morgan fingerprint density at radius 1 is 1.09 bits per heavy atom. The molecule has 0 aromatic heterocycles. The molecule has 0 spiro atoms. The summed E-state index contributed by atoms with van der Waals surface area (Å²) in [5.41, 5.74) is 0. The Balaban J connectivity index is 2.35. The Labute approximate surface area is 68.9 Å². The van der Waals surface area contributed by atoms with Gasteiger partial charge in [0.1, 0.15) is 0 Å². The molecule has 0 N–H and O–H groups in total. The van der Waals surface area contributed by atoms with E-state index in [2.05, 4.69) is 6.92 Å². The highest BCUT2D eigenvalue weighted by Gasteiger charge is 2.21. The molecule has 0 aliphatic carbocycles. The average molecular weight is 158 g/mol. The molecule has 1 heterocycles. The maximum absolute atomic E-state index is 5.52. The maximum Gasteiger partial charge on any atom is 0.162 e. The molecule has 1 saturated heterocycles. The van der Waals surface area contributed by atoms with Gasteiger partial charge < -0.3 is 9.47 Å². The summed E-state index contributed by atoms with van der Waals surface area (Å²) in [6.07, 6.45) is 2.32. The summed E-state index contributed by atoms with van der Waals surface area (Å²) in [6, 6.07) is 0. The normalized spacial score (nSPS) is 27.5. The van der Waals surface area contributed by atoms with Crippen molar-refractivity contribution in [1.29, 1.82) is 0 Å². The van der Waals surface area contributed by atoms with Gasteiger partial charge in [0.25, 0.3) is 0 Å². The van der Waals surface area contributed by atoms with Crippen molar-refractivity contribution in [2.75, 3.05) is 13.2 Å². The summed E-state index contributed by atoms with van der Waals surface area (Å²) in [4.78, 5) is 0. The molecule has 0 unspecified atom stereocenters. The molecule has 2 heteroatoms. The molecule has 0 bridgehead atoms. The topological polar surface area (TPSA) is 18.5 Å². The largest absolute Gasteiger partial charge is 0.351 e. The van der Waals surface area contributed by atoms with E-state index < -0.39 is 0 Å². The third-order valence-corrected chi connectivity index (χ3v) is 2.12. The lowest BCUT2D eigenvalue weighted by molar-refractivity contribution is -0.223. The molecule has 66 valence electrons. The molecule has 0 amide bonds. The van der Waals surface area contributed by atoms with Gasteiger partial charge in [-0.15, -0.1) is 0 Å². The van der Waals surface area contributed by atoms with Crippen molar-refractivity contribution < 1.29 is 9.47 Å². The summed E-state index contributed by atoms with van der Waals surface area (Å²) >= 11 is 0. The minimum absolute atomic E-state index is 0.361. The van der Waals surface area contributed by atoms with Crippen LogP contribution in [0, 0.1) is 5.92 Å². The predicted octanol–water partition coefficient (Wildman–Crippen LogP) is 2.19. The van der Waals surface area contributed by atoms with E-state index in [-0.39, 0.29) is 5.79 Å². The van der Waals surface area contributed by atoms with Crippen molar-refractivity contribution in [3.63, 3.8) is 0 Å². The molecular formula is C9H18O2. The molecule has 0 radical (unpaired) electrons. The van der Waals surface area contributed by atoms with Crippen molar-refractivity contribution in [3.8, 4) is 0 Å². The number of hydrogen-bond donors (Lipinski definition) is 0. The van der Waals surface area contributed by atoms with Gasteiger partial charge in [0, 0.05) is 0 Å². The van der Waals surface area contributed by atoms with E-state index in [0.29, 0.717) is 0 Å². The van der Waals surface area contributed by atoms with Crippen LogP contribution in [0.2, 0.25) is 0 Å². The highest BCUT2D eigenvalue weighted by molar-refractivity contribution is 4.61. The third-order valence-electron chi connectivity index (χ3n) is 2.12. The van der Waals surface area contributed by atoms with E-state index in [9.17, 15) is 0 Å². The Kier molecular flexibility index (Phi) is 2.90. The van der Waals surface area contributed by atoms with Crippen molar-refractivity contribution in [3.05, 3.63) is 0 Å². The van der Waals surface area contributed by atoms with Crippen LogP contribution in [-0.4, -0.2) is 19.0 Å². The Bertz CT molecular complexity index is 109. The fourth-order valence-corrected chi connectivity index (χ4v) is 1.20. The van der Waals surface area contributed by atoms with Gasteiger partial charge >= 0.3 is 0 Å². The second-order valence-corrected chi connectivity index (χ2v) is 3.78. The van der Waals surface area contributed by atoms with Crippen LogP contribution >= 0.6 is 0 Å². The molecule has 1 aliphatic heterocycles. The molecule has 2 nitrogen and oxygen atoms in total. The fourth-order valence-electron chi connectivity index (χ4n) is 1.20. The highest BCUT2D eigenvalue weighted by atomic mass is 16.7. The molecule has 0 aromatic rings. The van der Waals surface area contributed by atoms with E-state index in [0.717, 1.165) is 32.0 Å². The van der Waals surface area contributed by atoms with Gasteiger partial charge in [-0.05, 0) is 32.6 Å². The first kappa shape index (κ1) is 9.01. The molecule has 1 fully saturated rings. The summed E-state index contributed by atoms with van der Waals surface area (Å²) in [5.74, 6) is 0.381. The lowest BCUT2D eigenvalue weighted by Gasteiger charge is -2.29. The number of ether oxygens (including phenoxy) is 2. The van der Waals surface area contributed by atoms with Crippen LogP contribution in [0.25, 0.3) is 0 Å². The lowest BCUT2D eigenvalue weighted by Crippen LogP contribution is -2.32. The monoisotopic (exact) mass is 158 g/mol. The molecule has 1 aliphatic rings. The summed E-state index contributed by atoms with van der Waals surface area (Å²) in [6.45, 7) is 7.85. The quantitative estimate of drug-likeness (QED) is 0.538. The summed E-state index contributed by atoms with van der Waals surface area (Å²) < 4.78 is 11.0. The van der Waals surface area contributed by atoms with Crippen LogP contribution in [0.3, 0.4) is 0 Å². The van der Waals surface area contributed by atoms with E-state index in [1.165, 1.54) is 0 Å². The number of hydrogen-bond acceptors (Lipinski definition) is 2. The summed E-state index contributed by atoms with van der Waals surface area (Å²) in [7, 11) is 0. The standard InChI is InChI=1S/C9H18O2/c1-8-4-6-10-9(2,3)11-7-5-8/h8H,4-7H2,1-3H3. The van der Waals surface area contributed by atoms with Crippen LogP contribution < -0.4 is 0 Å². The SMILES string of the molecule is CC1CCOC(C)(C)OCC1. The van der Waals surface area contributed by atoms with Crippen LogP contribution in [-0.2, 0) is 9.47 Å². The van der Waals surface area contributed by atoms with Crippen LogP contribution in [0.4, 0.5) is 0 Å². The zero-order valence-electron chi connectivity index (χ0n) is 7.72. The lowest BCUT2D eigenvalue weighted by atomic mass is 10.0. The Morgan fingerprint density at radius 3 is 2.00 bits per heavy atom. The van der Waals surface area contributed by atoms with Crippen LogP contribution in [0.15, 0.2) is 0 Å². The third kappa shape index (κ3) is 3.21. The predicted molar refractivity (Wildman–Crippen MR) is 44.4 cm³/mol. The fraction of sp³-hybridized carbons (Fsp3) is 1.00. The van der Waals surface area contributed by atoms with Gasteiger partial charge in [-0.2, -0.15) is 0 Å². The van der Waals surface area contributed by atoms with Gasteiger partial charge in [0.2, 0.25) is 0 Å². The van der Waals surface area contributed by atoms with Crippen LogP contribution in [0.1, 0.15) is 33.6 Å². The van der Waals surface area contributed by atoms with E-state index >= 15 is 0 Å². The van der Waals surface area contributed by atoms with Crippen molar-refractivity contribution >= 4 is 0 Å². The molecule has 11 heavy (non-hydrogen) atoms. The first-order chi connectivity index (χ1) is 5.10. The van der Waals surface area contributed by atoms with Gasteiger partial charge in [0.05, 0.1) is 13.2 Å². The average Bonchev–Trinajstić information content (AvgIpc) is 1.83. The molecule has 0 atom stereocenters. The van der Waals surface area contributed by atoms with Crippen molar-refractivity contribution in [2.24, 2.45) is 5.92 Å². The van der Waals surface area contributed by atoms with E-state index in [1.807, 2.05) is 13.8 Å². The zero-order valence-corrected chi connectivity index (χ0v) is 7.72. The molecule has 0 aromatic carbocycles. The Hall–Kier alpha value is -0.0800. The van der Waals surface area contributed by atoms with Gasteiger partial charge in [-0.25, -0.2) is 0 Å². The van der Waals surface area contributed by atoms with Crippen molar-refractivity contribution in [2.45, 2.75) is 39.4 Å². The number of rotatable bonds is 0. The summed E-state index contributed by atoms with van der Waals surface area (Å²) in [5, 5.41) is 0. The minimum Gasteiger partial charge on any atom is -0.351 e. The van der Waals surface area contributed by atoms with Gasteiger partial charge in [-0.3, -0.25) is 0 Å². The second kappa shape index (κ2) is 3.55. The highest BCUT2D eigenvalue weighted by Crippen LogP contribution is 2.19. The smallest absolute Gasteiger partial charge is 0.162 e. The van der Waals surface area contributed by atoms with Crippen LogP contribution in [0.5, 0.6) is 0 Å². The Morgan fingerprint density at radius 2 is 1.55 bits per heavy atom. The first-order valence-electron chi connectivity index (χ1n) is 4.38. The minimum atomic E-state index is -0.361. The molecule has 1 rings (SSSR count). The van der Waals surface area contributed by atoms with E-state index in [1.54, 1.807) is 0 Å².